The van der Waals surface area contributed by atoms with E-state index in [4.69, 9.17) is 28.4 Å². The minimum absolute atomic E-state index is 0.00337. The summed E-state index contributed by atoms with van der Waals surface area (Å²) in [4.78, 5) is 13.4. The van der Waals surface area contributed by atoms with Crippen LogP contribution in [0, 0.1) is 11.3 Å². The van der Waals surface area contributed by atoms with E-state index < -0.39 is 56.1 Å². The fraction of sp³-hybridized carbons (Fsp3) is 0.513. The number of ether oxygens (including phenoxy) is 6. The van der Waals surface area contributed by atoms with Crippen molar-refractivity contribution in [3.63, 3.8) is 0 Å². The van der Waals surface area contributed by atoms with E-state index in [0.717, 1.165) is 5.56 Å². The van der Waals surface area contributed by atoms with Crippen LogP contribution in [-0.2, 0) is 40.7 Å². The van der Waals surface area contributed by atoms with Crippen LogP contribution in [-0.4, -0.2) is 104 Å². The number of aliphatic hydroxyl groups excluding tert-OH is 1. The number of sulfonamides is 2. The molecule has 6 rings (SSSR count). The molecule has 0 spiro atoms. The molecule has 3 aromatic carbocycles. The Balaban J connectivity index is 1.15. The Morgan fingerprint density at radius 2 is 1.70 bits per heavy atom. The van der Waals surface area contributed by atoms with Gasteiger partial charge in [-0.3, -0.25) is 0 Å². The Morgan fingerprint density at radius 3 is 2.45 bits per heavy atom. The van der Waals surface area contributed by atoms with Crippen LogP contribution in [0.3, 0.4) is 0 Å². The highest BCUT2D eigenvalue weighted by atomic mass is 32.2. The number of hydrogen-bond donors (Lipinski definition) is 3. The van der Waals surface area contributed by atoms with Crippen molar-refractivity contribution < 1.29 is 55.2 Å². The van der Waals surface area contributed by atoms with Gasteiger partial charge in [0, 0.05) is 25.7 Å². The van der Waals surface area contributed by atoms with Gasteiger partial charge in [-0.25, -0.2) is 26.4 Å². The first-order valence-corrected chi connectivity index (χ1v) is 21.6. The third-order valence-corrected chi connectivity index (χ3v) is 13.5. The van der Waals surface area contributed by atoms with Gasteiger partial charge >= 0.3 is 6.09 Å². The summed E-state index contributed by atoms with van der Waals surface area (Å²) in [7, 11) is -6.47. The molecule has 0 unspecified atom stereocenters. The van der Waals surface area contributed by atoms with Gasteiger partial charge in [-0.2, -0.15) is 4.31 Å². The zero-order valence-corrected chi connectivity index (χ0v) is 33.4. The van der Waals surface area contributed by atoms with Gasteiger partial charge in [-0.1, -0.05) is 50.6 Å². The molecule has 0 aromatic heterocycles. The summed E-state index contributed by atoms with van der Waals surface area (Å²) in [5.74, 6) is 1.18. The highest BCUT2D eigenvalue weighted by Crippen LogP contribution is 2.36. The highest BCUT2D eigenvalue weighted by Gasteiger charge is 2.44. The van der Waals surface area contributed by atoms with Gasteiger partial charge in [0.1, 0.15) is 11.9 Å². The van der Waals surface area contributed by atoms with Crippen molar-refractivity contribution in [1.82, 2.24) is 14.3 Å². The molecule has 3 aromatic rings. The lowest BCUT2D eigenvalue weighted by atomic mass is 9.87. The predicted octanol–water partition coefficient (Wildman–Crippen LogP) is 4.05. The maximum atomic E-state index is 14.4. The Hall–Kier alpha value is -3.97. The lowest BCUT2D eigenvalue weighted by molar-refractivity contribution is -0.0907. The molecular formula is C39H51N3O12S2. The van der Waals surface area contributed by atoms with E-state index in [2.05, 4.69) is 10.0 Å². The molecule has 3 heterocycles. The van der Waals surface area contributed by atoms with Gasteiger partial charge in [0.05, 0.1) is 48.2 Å². The van der Waals surface area contributed by atoms with Crippen molar-refractivity contribution in [2.24, 2.45) is 11.3 Å². The number of aliphatic hydroxyl groups is 1. The van der Waals surface area contributed by atoms with E-state index in [1.165, 1.54) is 41.7 Å². The molecule has 0 bridgehead atoms. The molecule has 2 fully saturated rings. The largest absolute Gasteiger partial charge is 0.497 e. The van der Waals surface area contributed by atoms with Gasteiger partial charge in [0.25, 0.3) is 0 Å². The number of nitrogens with one attached hydrogen (secondary N) is 2. The summed E-state index contributed by atoms with van der Waals surface area (Å²) in [5, 5.41) is 14.7. The fourth-order valence-electron chi connectivity index (χ4n) is 7.12. The second-order valence-corrected chi connectivity index (χ2v) is 18.7. The third-order valence-electron chi connectivity index (χ3n) is 10.2. The van der Waals surface area contributed by atoms with Gasteiger partial charge in [-0.05, 0) is 73.1 Å². The molecule has 56 heavy (non-hydrogen) atoms. The number of rotatable bonds is 19. The summed E-state index contributed by atoms with van der Waals surface area (Å²) in [6.45, 7) is 4.35. The van der Waals surface area contributed by atoms with Crippen LogP contribution in [0.5, 0.6) is 17.2 Å². The number of amides is 1. The summed E-state index contributed by atoms with van der Waals surface area (Å²) in [6.07, 6.45) is -0.535. The first kappa shape index (κ1) is 41.7. The molecular weight excluding hydrogens is 767 g/mol. The molecule has 0 aliphatic carbocycles. The molecule has 1 amide bonds. The highest BCUT2D eigenvalue weighted by molar-refractivity contribution is 7.89. The summed E-state index contributed by atoms with van der Waals surface area (Å²) in [5.41, 5.74) is 0.195. The van der Waals surface area contributed by atoms with Crippen molar-refractivity contribution in [2.75, 3.05) is 46.8 Å². The number of benzene rings is 3. The van der Waals surface area contributed by atoms with Crippen molar-refractivity contribution in [3.8, 4) is 17.2 Å². The molecule has 5 atom stereocenters. The number of methoxy groups -OCH3 is 1. The van der Waals surface area contributed by atoms with E-state index in [0.29, 0.717) is 49.5 Å². The van der Waals surface area contributed by atoms with Crippen molar-refractivity contribution in [1.29, 1.82) is 0 Å². The topological polar surface area (TPSA) is 188 Å². The molecule has 15 nitrogen and oxygen atoms in total. The van der Waals surface area contributed by atoms with Crippen LogP contribution in [0.4, 0.5) is 4.79 Å². The molecule has 3 N–H and O–H groups in total. The minimum Gasteiger partial charge on any atom is -0.497 e. The van der Waals surface area contributed by atoms with Crippen LogP contribution in [0.2, 0.25) is 0 Å². The smallest absolute Gasteiger partial charge is 0.407 e. The number of fused-ring (bicyclic) bond motifs is 2. The van der Waals surface area contributed by atoms with Crippen LogP contribution in [0.1, 0.15) is 45.1 Å². The first-order chi connectivity index (χ1) is 26.7. The first-order valence-electron chi connectivity index (χ1n) is 18.7. The predicted molar refractivity (Wildman–Crippen MR) is 204 cm³/mol. The molecule has 17 heteroatoms. The van der Waals surface area contributed by atoms with Gasteiger partial charge in [0.2, 0.25) is 26.8 Å². The zero-order valence-electron chi connectivity index (χ0n) is 31.8. The molecule has 3 aliphatic rings. The molecule has 0 radical (unpaired) electrons. The van der Waals surface area contributed by atoms with E-state index in [1.54, 1.807) is 12.1 Å². The number of unbranched alkanes of at least 4 members (excludes halogenated alkanes) is 1. The van der Waals surface area contributed by atoms with E-state index in [1.807, 2.05) is 44.2 Å². The van der Waals surface area contributed by atoms with Crippen molar-refractivity contribution in [3.05, 3.63) is 78.4 Å². The van der Waals surface area contributed by atoms with Crippen LogP contribution in [0.25, 0.3) is 0 Å². The lowest BCUT2D eigenvalue weighted by Crippen LogP contribution is -2.52. The summed E-state index contributed by atoms with van der Waals surface area (Å²) < 4.78 is 91.3. The normalized spacial score (nSPS) is 20.4. The number of carbonyl (C=O) groups excluding carboxylic acids is 1. The van der Waals surface area contributed by atoms with E-state index in [9.17, 15) is 26.7 Å². The summed E-state index contributed by atoms with van der Waals surface area (Å²) >= 11 is 0. The second-order valence-electron chi connectivity index (χ2n) is 15.0. The molecule has 0 saturated carbocycles. The van der Waals surface area contributed by atoms with Gasteiger partial charge in [-0.15, -0.1) is 0 Å². The average Bonchev–Trinajstić information content (AvgIpc) is 3.93. The lowest BCUT2D eigenvalue weighted by Gasteiger charge is -2.35. The standard InChI is InChI=1S/C39H51N3O12S2/c1-39(2,18-7-8-19-40-55(45,46)29-13-11-28(49-3)12-14-29)25-42(56(47,48)30-15-16-34-35(22-30)53-26-52-34)23-33(43)32(21-27-9-5-4-6-10-27)41-38(44)54-36-24-51-37-31(36)17-20-50-37/h4-6,9-16,22,31-33,36-37,40,43H,7-8,17-21,23-26H2,1-3H3,(H,41,44)/t31-,32-,33+,36-,37+/m0/s1. The maximum Gasteiger partial charge on any atom is 0.407 e. The Bertz CT molecular complexity index is 2000. The van der Waals surface area contributed by atoms with Gasteiger partial charge < -0.3 is 38.8 Å². The van der Waals surface area contributed by atoms with Crippen LogP contribution >= 0.6 is 0 Å². The number of alkyl carbamates (subject to hydrolysis) is 1. The maximum absolute atomic E-state index is 14.4. The van der Waals surface area contributed by atoms with E-state index in [-0.39, 0.29) is 55.2 Å². The van der Waals surface area contributed by atoms with E-state index >= 15 is 0 Å². The zero-order chi connectivity index (χ0) is 39.9. The monoisotopic (exact) mass is 817 g/mol. The number of carbonyl (C=O) groups is 1. The Kier molecular flexibility index (Phi) is 13.5. The Labute approximate surface area is 328 Å². The number of nitrogens with zero attached hydrogens (tertiary/aromatic N) is 1. The van der Waals surface area contributed by atoms with Crippen LogP contribution in [0.15, 0.2) is 82.6 Å². The molecule has 3 aliphatic heterocycles. The Morgan fingerprint density at radius 1 is 0.964 bits per heavy atom. The fourth-order valence-corrected chi connectivity index (χ4v) is 9.86. The quantitative estimate of drug-likeness (QED) is 0.148. The second kappa shape index (κ2) is 18.1. The average molecular weight is 818 g/mol. The van der Waals surface area contributed by atoms with Crippen LogP contribution < -0.4 is 24.2 Å². The molecule has 306 valence electrons. The summed E-state index contributed by atoms with van der Waals surface area (Å²) in [6, 6.07) is 18.8. The third kappa shape index (κ3) is 10.5. The van der Waals surface area contributed by atoms with Crippen molar-refractivity contribution in [2.45, 2.75) is 80.3 Å². The number of hydrogen-bond acceptors (Lipinski definition) is 12. The minimum atomic E-state index is -4.24. The van der Waals surface area contributed by atoms with Gasteiger partial charge in [0.15, 0.2) is 17.8 Å². The SMILES string of the molecule is COc1ccc(S(=O)(=O)NCCCCC(C)(C)CN(C[C@@H](O)[C@H](Cc2ccccc2)NC(=O)O[C@H]2CO[C@H]3OCC[C@H]32)S(=O)(=O)c2ccc3c(c2)OCO3)cc1. The van der Waals surface area contributed by atoms with Crippen molar-refractivity contribution >= 4 is 26.1 Å². The molecule has 2 saturated heterocycles.